The quantitative estimate of drug-likeness (QED) is 0.934. The van der Waals surface area contributed by atoms with Crippen molar-refractivity contribution in [1.29, 1.82) is 0 Å². The number of rotatable bonds is 4. The van der Waals surface area contributed by atoms with Crippen LogP contribution in [0.2, 0.25) is 0 Å². The Morgan fingerprint density at radius 3 is 2.84 bits per heavy atom. The van der Waals surface area contributed by atoms with Crippen LogP contribution in [0.25, 0.3) is 0 Å². The molecular formula is C14H16N2O2S. The summed E-state index contributed by atoms with van der Waals surface area (Å²) in [4.78, 5) is 17.6. The summed E-state index contributed by atoms with van der Waals surface area (Å²) < 4.78 is 5.10. The van der Waals surface area contributed by atoms with Crippen molar-refractivity contribution in [2.24, 2.45) is 0 Å². The standard InChI is InChI=1S/C14H16N2O2S/c1-9-10(2)19-13(16-9)8-15-14(17)11-5-4-6-12(7-11)18-3/h4-7H,8H2,1-3H3,(H,15,17). The second-order valence-electron chi connectivity index (χ2n) is 4.16. The van der Waals surface area contributed by atoms with Crippen LogP contribution in [0, 0.1) is 13.8 Å². The van der Waals surface area contributed by atoms with E-state index >= 15 is 0 Å². The summed E-state index contributed by atoms with van der Waals surface area (Å²) in [6.45, 7) is 4.45. The van der Waals surface area contributed by atoms with Crippen molar-refractivity contribution >= 4 is 17.2 Å². The molecule has 1 aromatic heterocycles. The molecule has 0 atom stereocenters. The SMILES string of the molecule is COc1cccc(C(=O)NCc2nc(C)c(C)s2)c1. The number of aryl methyl sites for hydroxylation is 2. The summed E-state index contributed by atoms with van der Waals surface area (Å²) in [5.74, 6) is 0.554. The molecule has 19 heavy (non-hydrogen) atoms. The van der Waals surface area contributed by atoms with Crippen molar-refractivity contribution in [3.05, 3.63) is 45.4 Å². The van der Waals surface area contributed by atoms with Gasteiger partial charge in [0.15, 0.2) is 0 Å². The van der Waals surface area contributed by atoms with Gasteiger partial charge in [-0.05, 0) is 32.0 Å². The van der Waals surface area contributed by atoms with E-state index in [4.69, 9.17) is 4.74 Å². The molecule has 2 rings (SSSR count). The van der Waals surface area contributed by atoms with Crippen molar-refractivity contribution in [2.45, 2.75) is 20.4 Å². The van der Waals surface area contributed by atoms with Crippen molar-refractivity contribution < 1.29 is 9.53 Å². The van der Waals surface area contributed by atoms with E-state index in [1.165, 1.54) is 4.88 Å². The molecule has 0 saturated carbocycles. The van der Waals surface area contributed by atoms with Gasteiger partial charge in [-0.3, -0.25) is 4.79 Å². The Bertz CT molecular complexity index is 573. The Labute approximate surface area is 116 Å². The Hall–Kier alpha value is -1.88. The molecule has 100 valence electrons. The van der Waals surface area contributed by atoms with Crippen LogP contribution in [0.3, 0.4) is 0 Å². The van der Waals surface area contributed by atoms with Crippen LogP contribution in [0.1, 0.15) is 25.9 Å². The third kappa shape index (κ3) is 3.32. The number of amides is 1. The third-order valence-corrected chi connectivity index (χ3v) is 3.88. The number of ether oxygens (including phenoxy) is 1. The first-order chi connectivity index (χ1) is 9.10. The highest BCUT2D eigenvalue weighted by Crippen LogP contribution is 2.16. The van der Waals surface area contributed by atoms with Crippen LogP contribution in [-0.4, -0.2) is 18.0 Å². The number of aromatic nitrogens is 1. The van der Waals surface area contributed by atoms with Gasteiger partial charge in [0, 0.05) is 10.4 Å². The fraction of sp³-hybridized carbons (Fsp3) is 0.286. The predicted octanol–water partition coefficient (Wildman–Crippen LogP) is 2.70. The molecule has 1 aromatic carbocycles. The monoisotopic (exact) mass is 276 g/mol. The summed E-state index contributed by atoms with van der Waals surface area (Å²) in [6, 6.07) is 7.08. The van der Waals surface area contributed by atoms with Crippen molar-refractivity contribution in [2.75, 3.05) is 7.11 Å². The molecule has 0 spiro atoms. The summed E-state index contributed by atoms with van der Waals surface area (Å²) in [7, 11) is 1.58. The number of benzene rings is 1. The predicted molar refractivity (Wildman–Crippen MR) is 75.8 cm³/mol. The van der Waals surface area contributed by atoms with Crippen LogP contribution < -0.4 is 10.1 Å². The van der Waals surface area contributed by atoms with E-state index < -0.39 is 0 Å². The summed E-state index contributed by atoms with van der Waals surface area (Å²) in [5.41, 5.74) is 1.61. The van der Waals surface area contributed by atoms with Crippen molar-refractivity contribution in [3.8, 4) is 5.75 Å². The third-order valence-electron chi connectivity index (χ3n) is 2.80. The smallest absolute Gasteiger partial charge is 0.251 e. The summed E-state index contributed by atoms with van der Waals surface area (Å²) in [5, 5.41) is 3.78. The largest absolute Gasteiger partial charge is 0.497 e. The van der Waals surface area contributed by atoms with E-state index in [1.54, 1.807) is 36.6 Å². The average molecular weight is 276 g/mol. The average Bonchev–Trinajstić information content (AvgIpc) is 2.75. The Morgan fingerprint density at radius 1 is 1.42 bits per heavy atom. The minimum Gasteiger partial charge on any atom is -0.497 e. The van der Waals surface area contributed by atoms with E-state index in [1.807, 2.05) is 19.9 Å². The Morgan fingerprint density at radius 2 is 2.21 bits per heavy atom. The highest BCUT2D eigenvalue weighted by molar-refractivity contribution is 7.11. The van der Waals surface area contributed by atoms with Crippen LogP contribution in [-0.2, 0) is 6.54 Å². The van der Waals surface area contributed by atoms with Crippen molar-refractivity contribution in [1.82, 2.24) is 10.3 Å². The number of hydrogen-bond acceptors (Lipinski definition) is 4. The maximum Gasteiger partial charge on any atom is 0.251 e. The maximum absolute atomic E-state index is 12.0. The van der Waals surface area contributed by atoms with E-state index in [9.17, 15) is 4.79 Å². The summed E-state index contributed by atoms with van der Waals surface area (Å²) in [6.07, 6.45) is 0. The molecule has 0 bridgehead atoms. The first-order valence-electron chi connectivity index (χ1n) is 5.95. The Kier molecular flexibility index (Phi) is 4.16. The zero-order valence-electron chi connectivity index (χ0n) is 11.2. The van der Waals surface area contributed by atoms with Gasteiger partial charge in [-0.15, -0.1) is 11.3 Å². The summed E-state index contributed by atoms with van der Waals surface area (Å²) >= 11 is 1.61. The van der Waals surface area contributed by atoms with Gasteiger partial charge in [0.25, 0.3) is 5.91 Å². The molecule has 0 radical (unpaired) electrons. The lowest BCUT2D eigenvalue weighted by Crippen LogP contribution is -2.22. The van der Waals surface area contributed by atoms with Crippen LogP contribution in [0.5, 0.6) is 5.75 Å². The van der Waals surface area contributed by atoms with Gasteiger partial charge < -0.3 is 10.1 Å². The molecule has 5 heteroatoms. The fourth-order valence-corrected chi connectivity index (χ4v) is 2.51. The number of hydrogen-bond donors (Lipinski definition) is 1. The topological polar surface area (TPSA) is 51.2 Å². The second kappa shape index (κ2) is 5.84. The Balaban J connectivity index is 2.00. The van der Waals surface area contributed by atoms with Crippen LogP contribution in [0.4, 0.5) is 0 Å². The minimum atomic E-state index is -0.121. The number of carbonyl (C=O) groups is 1. The van der Waals surface area contributed by atoms with Gasteiger partial charge in [0.2, 0.25) is 0 Å². The molecular weight excluding hydrogens is 260 g/mol. The zero-order valence-corrected chi connectivity index (χ0v) is 12.0. The van der Waals surface area contributed by atoms with E-state index in [0.29, 0.717) is 17.9 Å². The molecule has 0 unspecified atom stereocenters. The fourth-order valence-electron chi connectivity index (χ4n) is 1.64. The van der Waals surface area contributed by atoms with Gasteiger partial charge in [0.05, 0.1) is 19.3 Å². The number of carbonyl (C=O) groups excluding carboxylic acids is 1. The number of methoxy groups -OCH3 is 1. The minimum absolute atomic E-state index is 0.121. The first kappa shape index (κ1) is 13.5. The van der Waals surface area contributed by atoms with Gasteiger partial charge >= 0.3 is 0 Å². The molecule has 0 aliphatic carbocycles. The van der Waals surface area contributed by atoms with Gasteiger partial charge in [-0.25, -0.2) is 4.98 Å². The molecule has 4 nitrogen and oxygen atoms in total. The molecule has 0 saturated heterocycles. The van der Waals surface area contributed by atoms with Crippen LogP contribution >= 0.6 is 11.3 Å². The first-order valence-corrected chi connectivity index (χ1v) is 6.77. The van der Waals surface area contributed by atoms with Gasteiger partial charge in [-0.1, -0.05) is 6.07 Å². The van der Waals surface area contributed by atoms with E-state index in [-0.39, 0.29) is 5.91 Å². The molecule has 1 N–H and O–H groups in total. The number of thiazole rings is 1. The zero-order chi connectivity index (χ0) is 13.8. The van der Waals surface area contributed by atoms with Gasteiger partial charge in [0.1, 0.15) is 10.8 Å². The second-order valence-corrected chi connectivity index (χ2v) is 5.45. The highest BCUT2D eigenvalue weighted by atomic mass is 32.1. The molecule has 0 aliphatic heterocycles. The van der Waals surface area contributed by atoms with E-state index in [2.05, 4.69) is 10.3 Å². The molecule has 0 aliphatic rings. The lowest BCUT2D eigenvalue weighted by atomic mass is 10.2. The number of nitrogens with zero attached hydrogens (tertiary/aromatic N) is 1. The lowest BCUT2D eigenvalue weighted by molar-refractivity contribution is 0.0950. The maximum atomic E-state index is 12.0. The number of nitrogens with one attached hydrogen (secondary N) is 1. The normalized spacial score (nSPS) is 10.3. The molecule has 1 amide bonds. The highest BCUT2D eigenvalue weighted by Gasteiger charge is 2.08. The van der Waals surface area contributed by atoms with Crippen molar-refractivity contribution in [3.63, 3.8) is 0 Å². The molecule has 2 aromatic rings. The van der Waals surface area contributed by atoms with Crippen LogP contribution in [0.15, 0.2) is 24.3 Å². The van der Waals surface area contributed by atoms with E-state index in [0.717, 1.165) is 10.7 Å². The lowest BCUT2D eigenvalue weighted by Gasteiger charge is -2.05. The molecule has 0 fully saturated rings. The molecule has 1 heterocycles. The van der Waals surface area contributed by atoms with Gasteiger partial charge in [-0.2, -0.15) is 0 Å².